The molecule has 9 rings (SSSR count). The van der Waals surface area contributed by atoms with Gasteiger partial charge in [0.1, 0.15) is 55.4 Å². The third-order valence-corrected chi connectivity index (χ3v) is 18.1. The number of carbonyl (C=O) groups is 2. The number of hydrogen-bond donors (Lipinski definition) is 8. The van der Waals surface area contributed by atoms with E-state index in [1.807, 2.05) is 6.92 Å². The summed E-state index contributed by atoms with van der Waals surface area (Å²) in [7, 11) is 0. The first-order valence-corrected chi connectivity index (χ1v) is 24.9. The van der Waals surface area contributed by atoms with Crippen LogP contribution in [0.5, 0.6) is 0 Å². The summed E-state index contributed by atoms with van der Waals surface area (Å²) in [4.78, 5) is 23.8. The zero-order chi connectivity index (χ0) is 48.6. The highest BCUT2D eigenvalue weighted by Gasteiger charge is 2.71. The minimum Gasteiger partial charge on any atom is -0.464 e. The fourth-order valence-corrected chi connectivity index (χ4v) is 14.6. The maximum absolute atomic E-state index is 12.8. The predicted molar refractivity (Wildman–Crippen MR) is 230 cm³/mol. The molecular formula is C48H74O20. The molecule has 26 atom stereocenters. The second-order valence-corrected chi connectivity index (χ2v) is 21.9. The van der Waals surface area contributed by atoms with E-state index in [4.69, 9.17) is 47.4 Å². The van der Waals surface area contributed by atoms with Gasteiger partial charge in [-0.25, -0.2) is 4.79 Å². The van der Waals surface area contributed by atoms with E-state index in [0.717, 1.165) is 50.5 Å². The first-order valence-electron chi connectivity index (χ1n) is 24.9. The zero-order valence-electron chi connectivity index (χ0n) is 39.6. The van der Waals surface area contributed by atoms with Crippen molar-refractivity contribution in [2.24, 2.45) is 34.5 Å². The van der Waals surface area contributed by atoms with Crippen LogP contribution in [0, 0.1) is 34.5 Å². The lowest BCUT2D eigenvalue weighted by Gasteiger charge is -2.63. The third kappa shape index (κ3) is 9.12. The highest BCUT2D eigenvalue weighted by molar-refractivity contribution is 5.85. The van der Waals surface area contributed by atoms with E-state index in [1.54, 1.807) is 13.8 Å². The fraction of sp³-hybridized carbons (Fsp3) is 0.917. The van der Waals surface area contributed by atoms with Gasteiger partial charge < -0.3 is 88.2 Å². The summed E-state index contributed by atoms with van der Waals surface area (Å²) in [6.07, 6.45) is -10.6. The van der Waals surface area contributed by atoms with Gasteiger partial charge in [0.15, 0.2) is 25.2 Å². The molecule has 8 fully saturated rings. The summed E-state index contributed by atoms with van der Waals surface area (Å²) >= 11 is 0. The number of carbonyl (C=O) groups excluding carboxylic acids is 2. The number of aliphatic hydroxyl groups excluding tert-OH is 7. The van der Waals surface area contributed by atoms with E-state index in [0.29, 0.717) is 18.8 Å². The van der Waals surface area contributed by atoms with E-state index in [9.17, 15) is 50.4 Å². The van der Waals surface area contributed by atoms with Crippen LogP contribution in [0.3, 0.4) is 0 Å². The number of aliphatic hydroxyl groups is 8. The van der Waals surface area contributed by atoms with Crippen molar-refractivity contribution >= 4 is 12.4 Å². The van der Waals surface area contributed by atoms with Gasteiger partial charge >= 0.3 is 5.97 Å². The number of fused-ring (bicyclic) bond motifs is 5. The Labute approximate surface area is 396 Å². The fourth-order valence-electron chi connectivity index (χ4n) is 14.6. The van der Waals surface area contributed by atoms with Crippen LogP contribution in [0.2, 0.25) is 0 Å². The molecule has 68 heavy (non-hydrogen) atoms. The van der Waals surface area contributed by atoms with Crippen molar-refractivity contribution in [1.82, 2.24) is 0 Å². The lowest BCUT2D eigenvalue weighted by molar-refractivity contribution is -0.355. The van der Waals surface area contributed by atoms with Crippen molar-refractivity contribution in [2.75, 3.05) is 13.2 Å². The van der Waals surface area contributed by atoms with Crippen LogP contribution in [0.25, 0.3) is 0 Å². The SMILES string of the molecule is C[C@H]1O[C@@H](O[C@H]2CC[C@@]3(C)[C@H](CC[C@@H]4[C@@H]3CC[C@]3(C)[C@@H](C5=CC(=O)OC5)[C@@H](OC=O)C[C@]43O)C2)C[C@H](O)[C@@H]1O[C@H]1C[C@H](O)[C@H](O[C@H]2C[C@H](O)[C@H](O[C@@H]3O[C@H](CO)[C@@H](O)[C@H](O)[C@H]3O)[C@@H](C)O2)[C@@H](C)O1. The van der Waals surface area contributed by atoms with Gasteiger partial charge in [0.2, 0.25) is 0 Å². The van der Waals surface area contributed by atoms with Crippen LogP contribution in [-0.2, 0) is 57.0 Å². The van der Waals surface area contributed by atoms with Gasteiger partial charge in [-0.1, -0.05) is 13.8 Å². The first kappa shape index (κ1) is 51.0. The van der Waals surface area contributed by atoms with Crippen LogP contribution < -0.4 is 0 Å². The van der Waals surface area contributed by atoms with Gasteiger partial charge in [0.05, 0.1) is 54.9 Å². The number of esters is 1. The van der Waals surface area contributed by atoms with Crippen molar-refractivity contribution in [3.8, 4) is 0 Å². The first-order chi connectivity index (χ1) is 32.3. The molecule has 386 valence electrons. The maximum Gasteiger partial charge on any atom is 0.331 e. The third-order valence-electron chi connectivity index (χ3n) is 18.1. The number of rotatable bonds is 12. The summed E-state index contributed by atoms with van der Waals surface area (Å²) in [5.74, 6) is -0.0514. The molecule has 0 amide bonds. The minimum atomic E-state index is -1.65. The molecule has 0 aromatic rings. The Morgan fingerprint density at radius 2 is 1.29 bits per heavy atom. The summed E-state index contributed by atoms with van der Waals surface area (Å²) < 4.78 is 59.7. The standard InChI is InChI=1S/C48H74O20/c1-21-42(66-36-15-30(52)43(22(2)62-36)67-37-16-31(53)44(23(3)63-37)68-45-41(57)40(56)39(55)33(18-49)65-45)29(51)14-35(61-21)64-26-8-10-46(4)25(13-26)6-7-28-27(46)9-11-47(5)38(24-12-34(54)59-19-24)32(60-20-50)17-48(28,47)58/h12,20-23,25-33,35-45,49,51-53,55-58H,6-11,13-19H2,1-5H3/t21-,22-,23-,25-,26+,27+,28-,29+,30+,31+,32+,33-,35+,36+,37+,38+,39-,40+,41-,42-,43-,44-,45+,46+,47-,48+/m1/s1. The predicted octanol–water partition coefficient (Wildman–Crippen LogP) is 0.223. The van der Waals surface area contributed by atoms with E-state index < -0.39 is 134 Å². The average molecular weight is 971 g/mol. The van der Waals surface area contributed by atoms with Crippen molar-refractivity contribution < 1.29 is 97.8 Å². The molecule has 0 unspecified atom stereocenters. The summed E-state index contributed by atoms with van der Waals surface area (Å²) in [6.45, 7) is 9.60. The Bertz CT molecular complexity index is 1780. The van der Waals surface area contributed by atoms with Gasteiger partial charge in [-0.2, -0.15) is 0 Å². The lowest BCUT2D eigenvalue weighted by atomic mass is 9.43. The highest BCUT2D eigenvalue weighted by Crippen LogP contribution is 2.70. The highest BCUT2D eigenvalue weighted by atomic mass is 16.8. The molecule has 20 nitrogen and oxygen atoms in total. The Hall–Kier alpha value is -1.96. The number of ether oxygens (including phenoxy) is 10. The smallest absolute Gasteiger partial charge is 0.331 e. The van der Waals surface area contributed by atoms with E-state index in [-0.39, 0.29) is 55.1 Å². The second-order valence-electron chi connectivity index (χ2n) is 21.9. The van der Waals surface area contributed by atoms with Gasteiger partial charge in [0, 0.05) is 43.1 Å². The van der Waals surface area contributed by atoms with E-state index >= 15 is 0 Å². The molecule has 4 saturated carbocycles. The van der Waals surface area contributed by atoms with Crippen molar-refractivity contribution in [2.45, 2.75) is 228 Å². The summed E-state index contributed by atoms with van der Waals surface area (Å²) in [5, 5.41) is 86.8. The zero-order valence-corrected chi connectivity index (χ0v) is 39.6. The van der Waals surface area contributed by atoms with Gasteiger partial charge in [-0.3, -0.25) is 4.79 Å². The van der Waals surface area contributed by atoms with Crippen molar-refractivity contribution in [3.63, 3.8) is 0 Å². The average Bonchev–Trinajstić information content (AvgIpc) is 3.81. The maximum atomic E-state index is 12.8. The molecule has 4 aliphatic carbocycles. The van der Waals surface area contributed by atoms with Crippen molar-refractivity contribution in [3.05, 3.63) is 11.6 Å². The van der Waals surface area contributed by atoms with Gasteiger partial charge in [-0.05, 0) is 94.5 Å². The topological polar surface area (TPSA) is 288 Å². The molecule has 0 radical (unpaired) electrons. The Kier molecular flexibility index (Phi) is 14.8. The molecule has 20 heteroatoms. The van der Waals surface area contributed by atoms with Crippen LogP contribution in [0.15, 0.2) is 11.6 Å². The van der Waals surface area contributed by atoms with E-state index in [1.165, 1.54) is 6.08 Å². The normalized spacial score (nSPS) is 53.9. The van der Waals surface area contributed by atoms with E-state index in [2.05, 4.69) is 13.8 Å². The van der Waals surface area contributed by atoms with Gasteiger partial charge in [0.25, 0.3) is 6.47 Å². The van der Waals surface area contributed by atoms with Crippen LogP contribution in [0.1, 0.15) is 105 Å². The van der Waals surface area contributed by atoms with Crippen LogP contribution in [0.4, 0.5) is 0 Å². The molecule has 0 bridgehead atoms. The molecule has 0 spiro atoms. The Balaban J connectivity index is 0.741. The molecule has 8 N–H and O–H groups in total. The minimum absolute atomic E-state index is 0.0149. The van der Waals surface area contributed by atoms with Gasteiger partial charge in [-0.15, -0.1) is 0 Å². The molecule has 5 heterocycles. The molecule has 0 aromatic carbocycles. The lowest BCUT2D eigenvalue weighted by Crippen LogP contribution is -2.62. The molecular weight excluding hydrogens is 897 g/mol. The number of hydrogen-bond acceptors (Lipinski definition) is 20. The Morgan fingerprint density at radius 3 is 1.84 bits per heavy atom. The summed E-state index contributed by atoms with van der Waals surface area (Å²) in [6, 6.07) is 0. The van der Waals surface area contributed by atoms with Crippen LogP contribution in [-0.4, -0.2) is 189 Å². The molecule has 9 aliphatic rings. The van der Waals surface area contributed by atoms with Crippen LogP contribution >= 0.6 is 0 Å². The number of cyclic esters (lactones) is 1. The van der Waals surface area contributed by atoms with Crippen molar-refractivity contribution in [1.29, 1.82) is 0 Å². The summed E-state index contributed by atoms with van der Waals surface area (Å²) in [5.41, 5.74) is -0.887. The molecule has 0 aromatic heterocycles. The Morgan fingerprint density at radius 1 is 0.706 bits per heavy atom. The quantitative estimate of drug-likeness (QED) is 0.0738. The molecule has 5 aliphatic heterocycles. The monoisotopic (exact) mass is 970 g/mol. The second kappa shape index (κ2) is 19.8. The largest absolute Gasteiger partial charge is 0.464 e. The molecule has 4 saturated heterocycles.